The van der Waals surface area contributed by atoms with E-state index in [9.17, 15) is 4.79 Å². The van der Waals surface area contributed by atoms with Gasteiger partial charge < -0.3 is 24.4 Å². The molecule has 0 bridgehead atoms. The zero-order chi connectivity index (χ0) is 24.9. The van der Waals surface area contributed by atoms with Gasteiger partial charge in [0.25, 0.3) is 5.89 Å². The first-order chi connectivity index (χ1) is 17.6. The number of aromatic nitrogens is 2. The topological polar surface area (TPSA) is 83.7 Å². The summed E-state index contributed by atoms with van der Waals surface area (Å²) in [6.07, 6.45) is 0. The molecule has 0 saturated carbocycles. The molecular weight excluding hydrogens is 454 g/mol. The van der Waals surface area contributed by atoms with Crippen LogP contribution in [-0.2, 0) is 0 Å². The molecule has 1 saturated heterocycles. The van der Waals surface area contributed by atoms with Crippen molar-refractivity contribution < 1.29 is 14.1 Å². The Kier molecular flexibility index (Phi) is 6.84. The minimum Gasteiger partial charge on any atom is -0.492 e. The second-order valence-electron chi connectivity index (χ2n) is 8.67. The van der Waals surface area contributed by atoms with E-state index in [1.807, 2.05) is 79.4 Å². The van der Waals surface area contributed by atoms with Crippen molar-refractivity contribution in [2.75, 3.05) is 43.0 Å². The first-order valence-corrected chi connectivity index (χ1v) is 12.1. The van der Waals surface area contributed by atoms with Gasteiger partial charge in [0, 0.05) is 43.0 Å². The lowest BCUT2D eigenvalue weighted by Gasteiger charge is -2.36. The van der Waals surface area contributed by atoms with Crippen LogP contribution in [0.5, 0.6) is 5.75 Å². The third-order valence-corrected chi connectivity index (χ3v) is 6.21. The molecule has 1 fully saturated rings. The maximum Gasteiger partial charge on any atom is 0.322 e. The van der Waals surface area contributed by atoms with Crippen LogP contribution in [0, 0.1) is 6.92 Å². The Morgan fingerprint density at radius 1 is 0.944 bits per heavy atom. The molecule has 1 aliphatic heterocycles. The number of piperazine rings is 1. The molecule has 36 heavy (non-hydrogen) atoms. The molecule has 184 valence electrons. The number of rotatable bonds is 6. The molecule has 1 N–H and O–H groups in total. The van der Waals surface area contributed by atoms with Crippen molar-refractivity contribution in [1.82, 2.24) is 15.0 Å². The molecule has 0 spiro atoms. The van der Waals surface area contributed by atoms with Gasteiger partial charge in [-0.1, -0.05) is 35.0 Å². The van der Waals surface area contributed by atoms with E-state index in [-0.39, 0.29) is 6.03 Å². The van der Waals surface area contributed by atoms with E-state index in [0.29, 0.717) is 42.8 Å². The van der Waals surface area contributed by atoms with E-state index in [1.165, 1.54) is 5.56 Å². The SMILES string of the molecule is CCOc1ccccc1NC(=O)N1CCN(c2ccc(-c3noc(-c4ccc(C)cc4)n3)cc2)CC1. The Morgan fingerprint density at radius 2 is 1.64 bits per heavy atom. The molecule has 3 aromatic carbocycles. The minimum absolute atomic E-state index is 0.112. The van der Waals surface area contributed by atoms with Crippen molar-refractivity contribution in [3.63, 3.8) is 0 Å². The number of para-hydroxylation sites is 2. The van der Waals surface area contributed by atoms with Gasteiger partial charge in [0.1, 0.15) is 5.75 Å². The fourth-order valence-corrected chi connectivity index (χ4v) is 4.19. The molecular formula is C28H29N5O3. The van der Waals surface area contributed by atoms with Gasteiger partial charge in [-0.2, -0.15) is 4.98 Å². The summed E-state index contributed by atoms with van der Waals surface area (Å²) in [5.74, 6) is 1.75. The van der Waals surface area contributed by atoms with Gasteiger partial charge >= 0.3 is 6.03 Å². The molecule has 2 heterocycles. The van der Waals surface area contributed by atoms with Crippen LogP contribution in [0.15, 0.2) is 77.3 Å². The van der Waals surface area contributed by atoms with E-state index < -0.39 is 0 Å². The van der Waals surface area contributed by atoms with Crippen LogP contribution in [0.3, 0.4) is 0 Å². The normalized spacial score (nSPS) is 13.5. The number of carbonyl (C=O) groups is 1. The van der Waals surface area contributed by atoms with E-state index in [4.69, 9.17) is 9.26 Å². The Hall–Kier alpha value is -4.33. The highest BCUT2D eigenvalue weighted by Crippen LogP contribution is 2.26. The lowest BCUT2D eigenvalue weighted by atomic mass is 10.1. The van der Waals surface area contributed by atoms with Gasteiger partial charge in [-0.15, -0.1) is 0 Å². The number of nitrogens with one attached hydrogen (secondary N) is 1. The van der Waals surface area contributed by atoms with Crippen LogP contribution >= 0.6 is 0 Å². The van der Waals surface area contributed by atoms with Gasteiger partial charge in [0.2, 0.25) is 5.82 Å². The van der Waals surface area contributed by atoms with Crippen molar-refractivity contribution in [1.29, 1.82) is 0 Å². The smallest absolute Gasteiger partial charge is 0.322 e. The van der Waals surface area contributed by atoms with Gasteiger partial charge in [-0.3, -0.25) is 0 Å². The maximum absolute atomic E-state index is 12.8. The number of benzene rings is 3. The minimum atomic E-state index is -0.112. The number of hydrogen-bond donors (Lipinski definition) is 1. The number of urea groups is 1. The lowest BCUT2D eigenvalue weighted by Crippen LogP contribution is -2.50. The molecule has 4 aromatic rings. The number of amides is 2. The van der Waals surface area contributed by atoms with Gasteiger partial charge in [0.15, 0.2) is 0 Å². The zero-order valence-corrected chi connectivity index (χ0v) is 20.5. The van der Waals surface area contributed by atoms with Crippen molar-refractivity contribution in [2.24, 2.45) is 0 Å². The molecule has 1 aromatic heterocycles. The highest BCUT2D eigenvalue weighted by atomic mass is 16.5. The number of ether oxygens (including phenoxy) is 1. The highest BCUT2D eigenvalue weighted by molar-refractivity contribution is 5.91. The van der Waals surface area contributed by atoms with Crippen molar-refractivity contribution in [2.45, 2.75) is 13.8 Å². The van der Waals surface area contributed by atoms with E-state index in [2.05, 4.69) is 32.5 Å². The number of carbonyl (C=O) groups excluding carboxylic acids is 1. The average Bonchev–Trinajstić information content (AvgIpc) is 3.41. The first-order valence-electron chi connectivity index (χ1n) is 12.1. The van der Waals surface area contributed by atoms with Gasteiger partial charge in [-0.05, 0) is 62.4 Å². The van der Waals surface area contributed by atoms with Crippen molar-refractivity contribution >= 4 is 17.4 Å². The molecule has 0 unspecified atom stereocenters. The van der Waals surface area contributed by atoms with Gasteiger partial charge in [0.05, 0.1) is 12.3 Å². The first kappa shape index (κ1) is 23.4. The number of nitrogens with zero attached hydrogens (tertiary/aromatic N) is 4. The summed E-state index contributed by atoms with van der Waals surface area (Å²) in [6, 6.07) is 23.5. The monoisotopic (exact) mass is 483 g/mol. The van der Waals surface area contributed by atoms with Crippen LogP contribution in [0.25, 0.3) is 22.8 Å². The summed E-state index contributed by atoms with van der Waals surface area (Å²) < 4.78 is 11.1. The highest BCUT2D eigenvalue weighted by Gasteiger charge is 2.22. The predicted octanol–water partition coefficient (Wildman–Crippen LogP) is 5.46. The molecule has 8 heteroatoms. The average molecular weight is 484 g/mol. The van der Waals surface area contributed by atoms with Crippen LogP contribution < -0.4 is 15.0 Å². The van der Waals surface area contributed by atoms with Gasteiger partial charge in [-0.25, -0.2) is 4.79 Å². The number of anilines is 2. The Bertz CT molecular complexity index is 1310. The van der Waals surface area contributed by atoms with E-state index in [0.717, 1.165) is 29.9 Å². The van der Waals surface area contributed by atoms with E-state index >= 15 is 0 Å². The molecule has 8 nitrogen and oxygen atoms in total. The van der Waals surface area contributed by atoms with Crippen LogP contribution in [0.4, 0.5) is 16.2 Å². The van der Waals surface area contributed by atoms with Crippen molar-refractivity contribution in [3.05, 3.63) is 78.4 Å². The predicted molar refractivity (Wildman–Crippen MR) is 140 cm³/mol. The standard InChI is InChI=1S/C28H29N5O3/c1-3-35-25-7-5-4-6-24(25)29-28(34)33-18-16-32(17-19-33)23-14-12-21(13-15-23)26-30-27(36-31-26)22-10-8-20(2)9-11-22/h4-15H,3,16-19H2,1-2H3,(H,29,34). The zero-order valence-electron chi connectivity index (χ0n) is 20.5. The largest absolute Gasteiger partial charge is 0.492 e. The molecule has 0 aliphatic carbocycles. The van der Waals surface area contributed by atoms with Crippen LogP contribution in [0.2, 0.25) is 0 Å². The van der Waals surface area contributed by atoms with Crippen LogP contribution in [0.1, 0.15) is 12.5 Å². The molecule has 0 atom stereocenters. The summed E-state index contributed by atoms with van der Waals surface area (Å²) >= 11 is 0. The van der Waals surface area contributed by atoms with E-state index in [1.54, 1.807) is 0 Å². The lowest BCUT2D eigenvalue weighted by molar-refractivity contribution is 0.208. The summed E-state index contributed by atoms with van der Waals surface area (Å²) in [7, 11) is 0. The van der Waals surface area contributed by atoms with Crippen LogP contribution in [-0.4, -0.2) is 53.9 Å². The molecule has 0 radical (unpaired) electrons. The summed E-state index contributed by atoms with van der Waals surface area (Å²) in [4.78, 5) is 21.5. The second kappa shape index (κ2) is 10.5. The fraction of sp³-hybridized carbons (Fsp3) is 0.250. The van der Waals surface area contributed by atoms with Crippen molar-refractivity contribution in [3.8, 4) is 28.6 Å². The Morgan fingerprint density at radius 3 is 2.36 bits per heavy atom. The quantitative estimate of drug-likeness (QED) is 0.392. The molecule has 1 aliphatic rings. The maximum atomic E-state index is 12.8. The molecule has 2 amide bonds. The third-order valence-electron chi connectivity index (χ3n) is 6.21. The number of hydrogen-bond acceptors (Lipinski definition) is 6. The molecule has 5 rings (SSSR count). The summed E-state index contributed by atoms with van der Waals surface area (Å²) in [5, 5.41) is 7.13. The Balaban J connectivity index is 1.18. The number of aryl methyl sites for hydroxylation is 1. The summed E-state index contributed by atoms with van der Waals surface area (Å²) in [6.45, 7) is 7.28. The second-order valence-corrected chi connectivity index (χ2v) is 8.67. The summed E-state index contributed by atoms with van der Waals surface area (Å²) in [5.41, 5.74) is 4.77. The third kappa shape index (κ3) is 5.17. The fourth-order valence-electron chi connectivity index (χ4n) is 4.19. The Labute approximate surface area is 210 Å².